The number of hydrogen-bond acceptors (Lipinski definition) is 12. The van der Waals surface area contributed by atoms with Gasteiger partial charge >= 0.3 is 34.1 Å². The van der Waals surface area contributed by atoms with Crippen molar-refractivity contribution in [1.29, 1.82) is 0 Å². The van der Waals surface area contributed by atoms with Gasteiger partial charge in [-0.3, -0.25) is 19.4 Å². The molecule has 4 aromatic carbocycles. The van der Waals surface area contributed by atoms with E-state index in [2.05, 4.69) is 124 Å². The van der Waals surface area contributed by atoms with Crippen molar-refractivity contribution in [2.45, 2.75) is 25.9 Å². The minimum absolute atomic E-state index is 0. The van der Waals surface area contributed by atoms with E-state index in [0.717, 1.165) is 138 Å². The van der Waals surface area contributed by atoms with E-state index in [1.165, 1.54) is 33.6 Å². The number of nitrogens with one attached hydrogen (secondary N) is 2. The number of nitrogens with zero attached hydrogens (tertiary/aromatic N) is 10. The molecule has 2 aromatic heterocycles. The van der Waals surface area contributed by atoms with Crippen LogP contribution >= 0.6 is 0 Å². The summed E-state index contributed by atoms with van der Waals surface area (Å²) in [4.78, 5) is 33.4. The zero-order valence-electron chi connectivity index (χ0n) is 48.8. The van der Waals surface area contributed by atoms with Gasteiger partial charge in [0.1, 0.15) is 11.5 Å². The summed E-state index contributed by atoms with van der Waals surface area (Å²) < 4.78 is 14.7. The topological polar surface area (TPSA) is 151 Å². The van der Waals surface area contributed by atoms with Gasteiger partial charge in [-0.15, -0.1) is 10.2 Å². The minimum Gasteiger partial charge on any atom is -0.495 e. The molecule has 6 aliphatic rings. The van der Waals surface area contributed by atoms with Crippen LogP contribution in [0.2, 0.25) is 0 Å². The summed E-state index contributed by atoms with van der Waals surface area (Å²) in [6.07, 6.45) is 37.0. The zero-order valence-corrected chi connectivity index (χ0v) is 51.0. The summed E-state index contributed by atoms with van der Waals surface area (Å²) >= 11 is 0. The van der Waals surface area contributed by atoms with Gasteiger partial charge in [0.25, 0.3) is 0 Å². The summed E-state index contributed by atoms with van der Waals surface area (Å²) in [6, 6.07) is 33.6. The van der Waals surface area contributed by atoms with Crippen LogP contribution in [0, 0.1) is 126 Å². The van der Waals surface area contributed by atoms with E-state index in [0.29, 0.717) is 13.1 Å². The first-order valence-corrected chi connectivity index (χ1v) is 29.0. The van der Waals surface area contributed by atoms with Gasteiger partial charge in [-0.25, -0.2) is 9.36 Å². The first-order valence-electron chi connectivity index (χ1n) is 29.0. The summed E-state index contributed by atoms with van der Waals surface area (Å²) in [5, 5.41) is 23.0. The van der Waals surface area contributed by atoms with Gasteiger partial charge in [0.05, 0.1) is 61.9 Å². The van der Waals surface area contributed by atoms with Gasteiger partial charge in [-0.05, 0) is 175 Å². The molecule has 2 saturated heterocycles. The second kappa shape index (κ2) is 34.7. The molecule has 4 heterocycles. The van der Waals surface area contributed by atoms with Gasteiger partial charge < -0.3 is 29.9 Å². The van der Waals surface area contributed by atoms with Crippen LogP contribution in [0.3, 0.4) is 0 Å². The van der Waals surface area contributed by atoms with Crippen LogP contribution in [-0.4, -0.2) is 144 Å². The largest absolute Gasteiger partial charge is 2.00 e. The van der Waals surface area contributed by atoms with Crippen LogP contribution in [0.25, 0.3) is 11.1 Å². The number of anilines is 2. The maximum absolute atomic E-state index is 11.9. The van der Waals surface area contributed by atoms with Crippen molar-refractivity contribution in [2.24, 2.45) is 0 Å². The van der Waals surface area contributed by atoms with Crippen LogP contribution in [-0.2, 0) is 56.8 Å². The van der Waals surface area contributed by atoms with E-state index < -0.39 is 0 Å². The van der Waals surface area contributed by atoms with Crippen molar-refractivity contribution in [3.05, 3.63) is 258 Å². The number of hydrogen-bond donors (Lipinski definition) is 2. The second-order valence-corrected chi connectivity index (χ2v) is 20.9. The van der Waals surface area contributed by atoms with Crippen molar-refractivity contribution in [2.75, 3.05) is 103 Å². The van der Waals surface area contributed by atoms with Gasteiger partial charge in [0.2, 0.25) is 11.8 Å². The molecule has 0 unspecified atom stereocenters. The molecule has 0 spiro atoms. The molecule has 16 nitrogen and oxygen atoms in total. The Kier molecular flexibility index (Phi) is 26.7. The molecule has 18 heteroatoms. The molecule has 86 heavy (non-hydrogen) atoms. The predicted octanol–water partition coefficient (Wildman–Crippen LogP) is 7.59. The standard InChI is InChI=1S/C28H22N6.2C20H26N3O2.2Fe/c1-2-6-25(5-1)27-19-33(31-29-27)17-21-9-13-23(14-10-21)24-15-11-22(12-16-24)18-34-20-28(30-32-34)26-7-3-4-8-26;2*1-25-19-10-5-4-9-18(19)23-15-13-22(14-16-23)12-6-11-21-20(24)17-7-2-3-8-17;;/h1-16,19-20H,17-18H2;2*2-5,7-10H,6,11-16H2,1H3,(H,21,24);;/q;;;2*+2. The molecular formula is C68H74Fe2N12O4+4. The molecule has 20 radical (unpaired) electrons. The van der Waals surface area contributed by atoms with Gasteiger partial charge in [-0.1, -0.05) is 83.2 Å². The number of benzene rings is 4. The molecule has 4 saturated carbocycles. The third kappa shape index (κ3) is 19.1. The van der Waals surface area contributed by atoms with Crippen molar-refractivity contribution in [3.63, 3.8) is 0 Å². The number of piperazine rings is 2. The fraction of sp³-hybridized carbons (Fsp3) is 0.265. The number of aromatic nitrogens is 6. The van der Waals surface area contributed by atoms with E-state index in [9.17, 15) is 9.59 Å². The number of rotatable bonds is 21. The number of carbonyl (C=O) groups excluding carboxylic acids is 2. The van der Waals surface area contributed by atoms with E-state index in [4.69, 9.17) is 9.47 Å². The first kappa shape index (κ1) is 66.2. The Morgan fingerprint density at radius 1 is 0.453 bits per heavy atom. The van der Waals surface area contributed by atoms with E-state index in [-0.39, 0.29) is 46.0 Å². The van der Waals surface area contributed by atoms with Gasteiger partial charge in [0.15, 0.2) is 0 Å². The third-order valence-electron chi connectivity index (χ3n) is 15.2. The Morgan fingerprint density at radius 3 is 1.16 bits per heavy atom. The van der Waals surface area contributed by atoms with Gasteiger partial charge in [0, 0.05) is 89.7 Å². The number of amides is 2. The number of carbonyl (C=O) groups is 2. The van der Waals surface area contributed by atoms with Crippen LogP contribution in [0.4, 0.5) is 11.4 Å². The van der Waals surface area contributed by atoms with E-state index in [1.807, 2.05) is 149 Å². The minimum atomic E-state index is 0. The first-order chi connectivity index (χ1) is 41.3. The quantitative estimate of drug-likeness (QED) is 0.0540. The zero-order chi connectivity index (χ0) is 57.7. The molecule has 442 valence electrons. The van der Waals surface area contributed by atoms with Crippen molar-refractivity contribution < 1.29 is 53.2 Å². The molecule has 0 bridgehead atoms. The van der Waals surface area contributed by atoms with E-state index >= 15 is 0 Å². The summed E-state index contributed by atoms with van der Waals surface area (Å²) in [6.45, 7) is 13.0. The molecule has 6 fully saturated rings. The molecule has 2 N–H and O–H groups in total. The van der Waals surface area contributed by atoms with Crippen molar-refractivity contribution in [3.8, 4) is 22.6 Å². The van der Waals surface area contributed by atoms with Crippen LogP contribution in [0.15, 0.2) is 109 Å². The normalized spacial score (nSPS) is 17.9. The fourth-order valence-corrected chi connectivity index (χ4v) is 10.6. The summed E-state index contributed by atoms with van der Waals surface area (Å²) in [5.41, 5.74) is 8.89. The van der Waals surface area contributed by atoms with Crippen molar-refractivity contribution in [1.82, 2.24) is 50.4 Å². The smallest absolute Gasteiger partial charge is 0.495 e. The van der Waals surface area contributed by atoms with E-state index in [1.54, 1.807) is 14.2 Å². The Hall–Kier alpha value is -5.74. The maximum Gasteiger partial charge on any atom is 2.00 e. The SMILES string of the molecule is COc1ccccc1N1CCN(CCCNC(=O)[C]2[CH][CH][CH][CH]2)CC1.COc1ccccc1N1CCN(CCCNC(=O)[C]2[CH][CH][CH][CH]2)CC1.[CH]1[CH][CH][C](c2cn(Cc3ccc(-c4ccc(Cn5cc([C]6[CH][CH][CH][CH]6)nn5)cc4)cc3)nn2)[CH]1.[Fe+2].[Fe+2]. The number of methoxy groups -OCH3 is 2. The second-order valence-electron chi connectivity index (χ2n) is 20.9. The molecular weight excluding hydrogens is 1160 g/mol. The Labute approximate surface area is 533 Å². The Bertz CT molecular complexity index is 2720. The number of ether oxygens (including phenoxy) is 2. The molecule has 2 amide bonds. The average molecular weight is 1240 g/mol. The summed E-state index contributed by atoms with van der Waals surface area (Å²) in [7, 11) is 3.44. The average Bonchev–Trinajstić information content (AvgIpc) is 4.54. The molecule has 12 rings (SSSR count). The molecule has 0 atom stereocenters. The van der Waals surface area contributed by atoms with Crippen LogP contribution < -0.4 is 29.9 Å². The molecule has 4 aliphatic carbocycles. The molecule has 2 aliphatic heterocycles. The molecule has 6 aromatic rings. The number of para-hydroxylation sites is 4. The maximum atomic E-state index is 11.9. The van der Waals surface area contributed by atoms with Crippen LogP contribution in [0.1, 0.15) is 35.4 Å². The Morgan fingerprint density at radius 2 is 0.802 bits per heavy atom. The van der Waals surface area contributed by atoms with Crippen molar-refractivity contribution >= 4 is 23.2 Å². The fourth-order valence-electron chi connectivity index (χ4n) is 10.6. The monoisotopic (exact) mass is 1230 g/mol. The predicted molar refractivity (Wildman–Crippen MR) is 329 cm³/mol. The Balaban J connectivity index is 0.000000169. The summed E-state index contributed by atoms with van der Waals surface area (Å²) in [5.74, 6) is 5.58. The van der Waals surface area contributed by atoms with Gasteiger partial charge in [-0.2, -0.15) is 0 Å². The third-order valence-corrected chi connectivity index (χ3v) is 15.2. The van der Waals surface area contributed by atoms with Crippen LogP contribution in [0.5, 0.6) is 11.5 Å².